The Morgan fingerprint density at radius 3 is 2.15 bits per heavy atom. The highest BCUT2D eigenvalue weighted by atomic mass is 16.6. The minimum Gasteiger partial charge on any atom is -0.508 e. The Bertz CT molecular complexity index is 2990. The van der Waals surface area contributed by atoms with Crippen LogP contribution in [0.25, 0.3) is 0 Å². The smallest absolute Gasteiger partial charge is 0.325 e. The summed E-state index contributed by atoms with van der Waals surface area (Å²) in [6.07, 6.45) is 2.12. The lowest BCUT2D eigenvalue weighted by atomic mass is 9.65. The zero-order valence-corrected chi connectivity index (χ0v) is 41.2. The largest absolute Gasteiger partial charge is 0.508 e. The molecule has 10 atom stereocenters. The molecule has 17 heteroatoms. The van der Waals surface area contributed by atoms with Gasteiger partial charge < -0.3 is 44.9 Å². The Morgan fingerprint density at radius 2 is 1.44 bits per heavy atom. The SMILES string of the molecule is C=CCOC(=O)[C@H]1[C@@H]2C(=O)O[C@@H](c3ccccc3)[C@@H](c3ccccc3)N2[C@@H](c2ccc(OCCOC(=O)[C@H]3C[C@H]4C(=O)N[C@@H](CCCCNC(C)=O)C(=O)N4[C@H]3c3ccc(O)cc3)cc2)[C@]12C(=O)Nc1ccccc12. The van der Waals surface area contributed by atoms with Crippen LogP contribution in [0, 0.1) is 11.8 Å². The topological polar surface area (TPSA) is 219 Å². The highest BCUT2D eigenvalue weighted by molar-refractivity contribution is 6.11. The number of rotatable bonds is 17. The summed E-state index contributed by atoms with van der Waals surface area (Å²) < 4.78 is 24.2. The van der Waals surface area contributed by atoms with Crippen LogP contribution in [-0.2, 0) is 53.2 Å². The van der Waals surface area contributed by atoms with Gasteiger partial charge in [-0.25, -0.2) is 0 Å². The number of phenols is 1. The number of para-hydroxylation sites is 1. The summed E-state index contributed by atoms with van der Waals surface area (Å²) in [6.45, 7) is 5.18. The molecule has 0 aromatic heterocycles. The third kappa shape index (κ3) is 9.25. The molecular formula is C58H57N5O12. The summed E-state index contributed by atoms with van der Waals surface area (Å²) in [7, 11) is 0. The van der Waals surface area contributed by atoms with Crippen molar-refractivity contribution in [1.29, 1.82) is 0 Å². The molecule has 5 heterocycles. The van der Waals surface area contributed by atoms with Gasteiger partial charge in [-0.15, -0.1) is 0 Å². The molecule has 386 valence electrons. The quantitative estimate of drug-likeness (QED) is 0.0360. The molecule has 17 nitrogen and oxygen atoms in total. The van der Waals surface area contributed by atoms with Gasteiger partial charge in [0.25, 0.3) is 0 Å². The van der Waals surface area contributed by atoms with E-state index in [-0.39, 0.29) is 49.7 Å². The number of cyclic esters (lactones) is 1. The second kappa shape index (κ2) is 21.3. The number of amides is 4. The van der Waals surface area contributed by atoms with Crippen LogP contribution in [0.3, 0.4) is 0 Å². The van der Waals surface area contributed by atoms with Gasteiger partial charge >= 0.3 is 17.9 Å². The summed E-state index contributed by atoms with van der Waals surface area (Å²) in [5, 5.41) is 18.7. The van der Waals surface area contributed by atoms with E-state index < -0.39 is 83.4 Å². The fraction of sp³-hybridized carbons (Fsp3) is 0.328. The van der Waals surface area contributed by atoms with Gasteiger partial charge in [-0.1, -0.05) is 116 Å². The number of benzene rings is 5. The maximum atomic E-state index is 15.1. The van der Waals surface area contributed by atoms with Gasteiger partial charge in [0.05, 0.1) is 24.0 Å². The lowest BCUT2D eigenvalue weighted by Crippen LogP contribution is -2.61. The minimum atomic E-state index is -1.71. The number of anilines is 1. The van der Waals surface area contributed by atoms with Crippen molar-refractivity contribution in [2.24, 2.45) is 11.8 Å². The molecule has 0 bridgehead atoms. The van der Waals surface area contributed by atoms with Gasteiger partial charge in [0.15, 0.2) is 0 Å². The number of piperazine rings is 1. The Morgan fingerprint density at radius 1 is 0.773 bits per heavy atom. The van der Waals surface area contributed by atoms with E-state index in [9.17, 15) is 33.9 Å². The average Bonchev–Trinajstić information content (AvgIpc) is 4.11. The van der Waals surface area contributed by atoms with E-state index in [0.717, 1.165) is 11.1 Å². The maximum absolute atomic E-state index is 15.1. The monoisotopic (exact) mass is 1020 g/mol. The molecular weight excluding hydrogens is 959 g/mol. The van der Waals surface area contributed by atoms with E-state index in [0.29, 0.717) is 53.9 Å². The molecule has 5 aliphatic rings. The number of aromatic hydroxyl groups is 1. The van der Waals surface area contributed by atoms with Gasteiger partial charge in [-0.2, -0.15) is 0 Å². The van der Waals surface area contributed by atoms with Crippen molar-refractivity contribution < 1.29 is 57.6 Å². The fourth-order valence-electron chi connectivity index (χ4n) is 12.0. The van der Waals surface area contributed by atoms with E-state index >= 15 is 4.79 Å². The first-order chi connectivity index (χ1) is 36.4. The molecule has 0 unspecified atom stereocenters. The van der Waals surface area contributed by atoms with Crippen LogP contribution in [0.2, 0.25) is 0 Å². The number of unbranched alkanes of at least 4 members (excludes halogenated alkanes) is 1. The molecule has 5 aliphatic heterocycles. The number of nitrogens with one attached hydrogen (secondary N) is 3. The Labute approximate surface area is 433 Å². The first-order valence-electron chi connectivity index (χ1n) is 25.2. The lowest BCUT2D eigenvalue weighted by Gasteiger charge is -2.46. The molecule has 0 radical (unpaired) electrons. The van der Waals surface area contributed by atoms with Crippen LogP contribution >= 0.6 is 0 Å². The predicted molar refractivity (Wildman–Crippen MR) is 271 cm³/mol. The Kier molecular flexibility index (Phi) is 14.2. The summed E-state index contributed by atoms with van der Waals surface area (Å²) in [5.41, 5.74) is 1.98. The van der Waals surface area contributed by atoms with Crippen LogP contribution in [-0.4, -0.2) is 101 Å². The van der Waals surface area contributed by atoms with Crippen molar-refractivity contribution in [2.75, 3.05) is 31.7 Å². The van der Waals surface area contributed by atoms with Crippen molar-refractivity contribution in [3.63, 3.8) is 0 Å². The van der Waals surface area contributed by atoms with Gasteiger partial charge in [0.2, 0.25) is 23.6 Å². The van der Waals surface area contributed by atoms with Crippen LogP contribution in [0.5, 0.6) is 11.5 Å². The third-order valence-corrected chi connectivity index (χ3v) is 15.1. The van der Waals surface area contributed by atoms with Crippen LogP contribution in [0.15, 0.2) is 146 Å². The van der Waals surface area contributed by atoms with Crippen molar-refractivity contribution in [1.82, 2.24) is 20.4 Å². The second-order valence-corrected chi connectivity index (χ2v) is 19.4. The van der Waals surface area contributed by atoms with E-state index in [4.69, 9.17) is 18.9 Å². The first kappa shape index (κ1) is 50.2. The number of carbonyl (C=O) groups excluding carboxylic acids is 7. The van der Waals surface area contributed by atoms with Crippen molar-refractivity contribution in [3.8, 4) is 11.5 Å². The molecule has 75 heavy (non-hydrogen) atoms. The molecule has 1 spiro atoms. The van der Waals surface area contributed by atoms with Gasteiger partial charge in [0, 0.05) is 19.2 Å². The predicted octanol–water partition coefficient (Wildman–Crippen LogP) is 6.08. The minimum absolute atomic E-state index is 0.00362. The summed E-state index contributed by atoms with van der Waals surface area (Å²) in [4.78, 5) is 101. The molecule has 4 saturated heterocycles. The van der Waals surface area contributed by atoms with Gasteiger partial charge in [-0.3, -0.25) is 38.5 Å². The van der Waals surface area contributed by atoms with Crippen molar-refractivity contribution in [2.45, 2.75) is 80.4 Å². The van der Waals surface area contributed by atoms with Crippen molar-refractivity contribution >= 4 is 47.2 Å². The van der Waals surface area contributed by atoms with Gasteiger partial charge in [0.1, 0.15) is 66.9 Å². The molecule has 0 saturated carbocycles. The number of fused-ring (bicyclic) bond motifs is 4. The Hall–Kier alpha value is -8.31. The number of hydrogen-bond acceptors (Lipinski definition) is 13. The number of esters is 3. The lowest BCUT2D eigenvalue weighted by molar-refractivity contribution is -0.180. The maximum Gasteiger partial charge on any atom is 0.325 e. The third-order valence-electron chi connectivity index (χ3n) is 15.1. The zero-order valence-electron chi connectivity index (χ0n) is 41.2. The standard InChI is InChI=1S/C58H57N5O12/c1-3-30-73-55(69)46-49-56(70)75-50(37-16-8-5-9-17-37)48(35-14-6-4-7-15-35)63(49)51(58(46)42-18-10-11-19-43(42)61-57(58)71)38-23-27-40(28-24-38)72-31-32-74-54(68)41-33-45-52(66)60-44(20-12-13-29-59-34(2)64)53(67)62(45)47(41)36-21-25-39(65)26-22-36/h3-11,14-19,21-28,41,44-51,65H,1,12-13,20,29-33H2,2H3,(H,59,64)(H,60,66)(H,61,71)/t41-,44-,45-,46+,47-,48+,49+,50-,51-,58+/m0/s1. The number of carbonyl (C=O) groups is 7. The molecule has 5 aromatic rings. The van der Waals surface area contributed by atoms with E-state index in [1.807, 2.05) is 65.6 Å². The van der Waals surface area contributed by atoms with Crippen LogP contribution in [0.1, 0.15) is 84.7 Å². The zero-order chi connectivity index (χ0) is 52.4. The Balaban J connectivity index is 0.921. The van der Waals surface area contributed by atoms with E-state index in [1.165, 1.54) is 30.0 Å². The highest BCUT2D eigenvalue weighted by Crippen LogP contribution is 2.65. The summed E-state index contributed by atoms with van der Waals surface area (Å²) in [5.74, 6) is -5.31. The van der Waals surface area contributed by atoms with Crippen LogP contribution < -0.4 is 20.7 Å². The van der Waals surface area contributed by atoms with Crippen LogP contribution in [0.4, 0.5) is 5.69 Å². The highest BCUT2D eigenvalue weighted by Gasteiger charge is 2.74. The van der Waals surface area contributed by atoms with Gasteiger partial charge in [-0.05, 0) is 83.8 Å². The number of ether oxygens (including phenoxy) is 4. The molecule has 10 rings (SSSR count). The van der Waals surface area contributed by atoms with E-state index in [1.54, 1.807) is 60.7 Å². The molecule has 4 amide bonds. The molecule has 5 aromatic carbocycles. The average molecular weight is 1020 g/mol. The number of nitrogens with zero attached hydrogens (tertiary/aromatic N) is 2. The fourth-order valence-corrected chi connectivity index (χ4v) is 12.0. The molecule has 4 N–H and O–H groups in total. The normalized spacial score (nSPS) is 26.5. The molecule has 4 fully saturated rings. The number of morpholine rings is 1. The second-order valence-electron chi connectivity index (χ2n) is 19.4. The first-order valence-corrected chi connectivity index (χ1v) is 25.2. The number of phenolic OH excluding ortho intramolecular Hbond substituents is 1. The summed E-state index contributed by atoms with van der Waals surface area (Å²) >= 11 is 0. The van der Waals surface area contributed by atoms with E-state index in [2.05, 4.69) is 22.5 Å². The number of hydrogen-bond donors (Lipinski definition) is 4. The van der Waals surface area contributed by atoms with Crippen molar-refractivity contribution in [3.05, 3.63) is 174 Å². The molecule has 0 aliphatic carbocycles. The summed E-state index contributed by atoms with van der Waals surface area (Å²) in [6, 6.07) is 33.7.